The van der Waals surface area contributed by atoms with Gasteiger partial charge >= 0.3 is 0 Å². The molecule has 4 rings (SSSR count). The highest BCUT2D eigenvalue weighted by atomic mass is 16.5. The molecular weight excluding hydrogens is 310 g/mol. The molecule has 1 N–H and O–H groups in total. The third kappa shape index (κ3) is 3.39. The maximum absolute atomic E-state index is 9.04. The second-order valence-corrected chi connectivity index (χ2v) is 6.74. The van der Waals surface area contributed by atoms with Crippen molar-refractivity contribution in [1.29, 1.82) is 5.26 Å². The van der Waals surface area contributed by atoms with Gasteiger partial charge in [-0.25, -0.2) is 0 Å². The van der Waals surface area contributed by atoms with Gasteiger partial charge in [-0.05, 0) is 29.7 Å². The van der Waals surface area contributed by atoms with Gasteiger partial charge in [0.1, 0.15) is 0 Å². The van der Waals surface area contributed by atoms with Gasteiger partial charge in [-0.3, -0.25) is 0 Å². The smallest absolute Gasteiger partial charge is 0.0991 e. The second kappa shape index (κ2) is 7.26. The molecule has 1 atom stereocenters. The van der Waals surface area contributed by atoms with Gasteiger partial charge in [0.25, 0.3) is 0 Å². The van der Waals surface area contributed by atoms with Crippen molar-refractivity contribution in [3.8, 4) is 17.2 Å². The van der Waals surface area contributed by atoms with Crippen molar-refractivity contribution in [2.75, 3.05) is 37.7 Å². The first-order valence-corrected chi connectivity index (χ1v) is 9.05. The SMILES string of the molecule is N#Cc1ccc(-c2cccc(CC3CNCCO3)c2N2CCC2)cc1. The number of anilines is 1. The van der Waals surface area contributed by atoms with E-state index in [0.29, 0.717) is 5.56 Å². The Kier molecular flexibility index (Phi) is 4.69. The third-order valence-corrected chi connectivity index (χ3v) is 5.07. The number of morpholine rings is 1. The monoisotopic (exact) mass is 333 g/mol. The van der Waals surface area contributed by atoms with Gasteiger partial charge in [0, 0.05) is 43.9 Å². The molecule has 0 bridgehead atoms. The summed E-state index contributed by atoms with van der Waals surface area (Å²) in [5, 5.41) is 12.5. The Morgan fingerprint density at radius 3 is 2.64 bits per heavy atom. The zero-order chi connectivity index (χ0) is 17.1. The summed E-state index contributed by atoms with van der Waals surface area (Å²) in [6, 6.07) is 16.7. The molecule has 2 fully saturated rings. The van der Waals surface area contributed by atoms with Crippen LogP contribution in [0.15, 0.2) is 42.5 Å². The van der Waals surface area contributed by atoms with Crippen LogP contribution in [0, 0.1) is 11.3 Å². The first-order chi connectivity index (χ1) is 12.3. The van der Waals surface area contributed by atoms with E-state index in [0.717, 1.165) is 39.2 Å². The molecule has 25 heavy (non-hydrogen) atoms. The molecule has 0 radical (unpaired) electrons. The van der Waals surface area contributed by atoms with Crippen LogP contribution >= 0.6 is 0 Å². The number of para-hydroxylation sites is 1. The largest absolute Gasteiger partial charge is 0.375 e. The normalized spacial score (nSPS) is 20.0. The highest BCUT2D eigenvalue weighted by molar-refractivity contribution is 5.82. The standard InChI is InChI=1S/C21H23N3O/c22-14-16-5-7-17(8-6-16)20-4-1-3-18(21(20)24-10-2-11-24)13-19-15-23-9-12-25-19/h1,3-8,19,23H,2,9-13,15H2. The van der Waals surface area contributed by atoms with E-state index in [4.69, 9.17) is 10.00 Å². The molecule has 2 heterocycles. The van der Waals surface area contributed by atoms with E-state index in [1.54, 1.807) is 0 Å². The number of benzene rings is 2. The lowest BCUT2D eigenvalue weighted by Crippen LogP contribution is -2.41. The van der Waals surface area contributed by atoms with Crippen LogP contribution < -0.4 is 10.2 Å². The molecule has 0 amide bonds. The Balaban J connectivity index is 1.70. The van der Waals surface area contributed by atoms with Gasteiger partial charge in [-0.1, -0.05) is 30.3 Å². The van der Waals surface area contributed by atoms with Gasteiger partial charge in [-0.15, -0.1) is 0 Å². The summed E-state index contributed by atoms with van der Waals surface area (Å²) in [6.07, 6.45) is 2.43. The summed E-state index contributed by atoms with van der Waals surface area (Å²) in [4.78, 5) is 2.47. The Morgan fingerprint density at radius 2 is 2.00 bits per heavy atom. The first kappa shape index (κ1) is 16.1. The summed E-state index contributed by atoms with van der Waals surface area (Å²) in [5.41, 5.74) is 5.82. The van der Waals surface area contributed by atoms with Gasteiger partial charge in [0.15, 0.2) is 0 Å². The van der Waals surface area contributed by atoms with E-state index in [9.17, 15) is 0 Å². The molecule has 2 aromatic rings. The van der Waals surface area contributed by atoms with Crippen LogP contribution in [0.4, 0.5) is 5.69 Å². The van der Waals surface area contributed by atoms with Crippen LogP contribution in [-0.2, 0) is 11.2 Å². The molecule has 4 heteroatoms. The predicted molar refractivity (Wildman–Crippen MR) is 99.7 cm³/mol. The van der Waals surface area contributed by atoms with Gasteiger partial charge in [-0.2, -0.15) is 5.26 Å². The lowest BCUT2D eigenvalue weighted by atomic mass is 9.94. The van der Waals surface area contributed by atoms with Gasteiger partial charge in [0.2, 0.25) is 0 Å². The van der Waals surface area contributed by atoms with Crippen molar-refractivity contribution in [3.63, 3.8) is 0 Å². The van der Waals surface area contributed by atoms with Crippen molar-refractivity contribution >= 4 is 5.69 Å². The molecular formula is C21H23N3O. The van der Waals surface area contributed by atoms with Crippen LogP contribution in [0.1, 0.15) is 17.5 Å². The van der Waals surface area contributed by atoms with Crippen molar-refractivity contribution < 1.29 is 4.74 Å². The average Bonchev–Trinajstić information content (AvgIpc) is 2.63. The Bertz CT molecular complexity index is 769. The van der Waals surface area contributed by atoms with E-state index < -0.39 is 0 Å². The Hall–Kier alpha value is -2.35. The highest BCUT2D eigenvalue weighted by Gasteiger charge is 2.24. The fourth-order valence-corrected chi connectivity index (χ4v) is 3.62. The van der Waals surface area contributed by atoms with Crippen molar-refractivity contribution in [2.24, 2.45) is 0 Å². The number of ether oxygens (including phenoxy) is 1. The molecule has 1 unspecified atom stereocenters. The molecule has 0 saturated carbocycles. The van der Waals surface area contributed by atoms with Crippen LogP contribution in [0.2, 0.25) is 0 Å². The molecule has 2 aliphatic heterocycles. The quantitative estimate of drug-likeness (QED) is 0.934. The molecule has 4 nitrogen and oxygen atoms in total. The summed E-state index contributed by atoms with van der Waals surface area (Å²) in [6.45, 7) is 4.88. The zero-order valence-electron chi connectivity index (χ0n) is 14.4. The Morgan fingerprint density at radius 1 is 1.16 bits per heavy atom. The molecule has 0 spiro atoms. The first-order valence-electron chi connectivity index (χ1n) is 9.05. The molecule has 2 aliphatic rings. The summed E-state index contributed by atoms with van der Waals surface area (Å²) < 4.78 is 5.93. The fraction of sp³-hybridized carbons (Fsp3) is 0.381. The molecule has 2 aromatic carbocycles. The molecule has 128 valence electrons. The summed E-state index contributed by atoms with van der Waals surface area (Å²) >= 11 is 0. The van der Waals surface area contributed by atoms with E-state index >= 15 is 0 Å². The number of nitrogens with zero attached hydrogens (tertiary/aromatic N) is 2. The highest BCUT2D eigenvalue weighted by Crippen LogP contribution is 2.37. The lowest BCUT2D eigenvalue weighted by Gasteiger charge is -2.37. The third-order valence-electron chi connectivity index (χ3n) is 5.07. The predicted octanol–water partition coefficient (Wildman–Crippen LogP) is 2.97. The molecule has 0 aromatic heterocycles. The van der Waals surface area contributed by atoms with E-state index in [-0.39, 0.29) is 6.10 Å². The molecule has 0 aliphatic carbocycles. The van der Waals surface area contributed by atoms with Gasteiger partial charge in [0.05, 0.1) is 24.3 Å². The van der Waals surface area contributed by atoms with E-state index in [2.05, 4.69) is 46.6 Å². The lowest BCUT2D eigenvalue weighted by molar-refractivity contribution is 0.0293. The summed E-state index contributed by atoms with van der Waals surface area (Å²) in [5.74, 6) is 0. The fourth-order valence-electron chi connectivity index (χ4n) is 3.62. The zero-order valence-corrected chi connectivity index (χ0v) is 14.4. The maximum Gasteiger partial charge on any atom is 0.0991 e. The van der Waals surface area contributed by atoms with Gasteiger partial charge < -0.3 is 15.0 Å². The topological polar surface area (TPSA) is 48.3 Å². The van der Waals surface area contributed by atoms with Crippen LogP contribution in [-0.4, -0.2) is 38.9 Å². The molecule has 2 saturated heterocycles. The minimum absolute atomic E-state index is 0.241. The minimum Gasteiger partial charge on any atom is -0.375 e. The second-order valence-electron chi connectivity index (χ2n) is 6.74. The number of rotatable bonds is 4. The summed E-state index contributed by atoms with van der Waals surface area (Å²) in [7, 11) is 0. The van der Waals surface area contributed by atoms with E-state index in [1.165, 1.54) is 28.8 Å². The number of hydrogen-bond donors (Lipinski definition) is 1. The van der Waals surface area contributed by atoms with E-state index in [1.807, 2.05) is 12.1 Å². The number of nitrogens with one attached hydrogen (secondary N) is 1. The average molecular weight is 333 g/mol. The van der Waals surface area contributed by atoms with Crippen molar-refractivity contribution in [2.45, 2.75) is 18.9 Å². The van der Waals surface area contributed by atoms with Crippen molar-refractivity contribution in [3.05, 3.63) is 53.6 Å². The minimum atomic E-state index is 0.241. The van der Waals surface area contributed by atoms with Crippen molar-refractivity contribution in [1.82, 2.24) is 5.32 Å². The number of nitriles is 1. The number of hydrogen-bond acceptors (Lipinski definition) is 4. The van der Waals surface area contributed by atoms with Crippen LogP contribution in [0.3, 0.4) is 0 Å². The van der Waals surface area contributed by atoms with Crippen LogP contribution in [0.25, 0.3) is 11.1 Å². The van der Waals surface area contributed by atoms with Crippen LogP contribution in [0.5, 0.6) is 0 Å². The Labute approximate surface area is 149 Å². The maximum atomic E-state index is 9.04.